The zero-order chi connectivity index (χ0) is 14.8. The summed E-state index contributed by atoms with van der Waals surface area (Å²) in [6.07, 6.45) is 3.79. The maximum Gasteiger partial charge on any atom is 0.335 e. The van der Waals surface area contributed by atoms with Gasteiger partial charge in [-0.05, 0) is 43.2 Å². The molecule has 1 aromatic carbocycles. The molecule has 1 aliphatic rings. The molecule has 0 aliphatic heterocycles. The first-order valence-corrected chi connectivity index (χ1v) is 6.91. The van der Waals surface area contributed by atoms with Crippen LogP contribution < -0.4 is 0 Å². The Bertz CT molecular complexity index is 635. The van der Waals surface area contributed by atoms with Gasteiger partial charge in [0.15, 0.2) is 0 Å². The Kier molecular flexibility index (Phi) is 3.75. The molecule has 1 heterocycles. The van der Waals surface area contributed by atoms with Gasteiger partial charge < -0.3 is 9.52 Å². The normalized spacial score (nSPS) is 14.6. The van der Waals surface area contributed by atoms with Crippen LogP contribution in [0.3, 0.4) is 0 Å². The maximum absolute atomic E-state index is 13.9. The van der Waals surface area contributed by atoms with Crippen LogP contribution in [0.4, 0.5) is 4.39 Å². The number of carbonyl (C=O) groups is 1. The van der Waals surface area contributed by atoms with Crippen molar-refractivity contribution in [3.05, 3.63) is 59.3 Å². The summed E-state index contributed by atoms with van der Waals surface area (Å²) in [6.45, 7) is 0.993. The van der Waals surface area contributed by atoms with E-state index in [9.17, 15) is 9.18 Å². The molecular formula is C16H16FNO3. The Morgan fingerprint density at radius 3 is 2.76 bits per heavy atom. The Hall–Kier alpha value is -2.14. The second kappa shape index (κ2) is 5.69. The van der Waals surface area contributed by atoms with Crippen LogP contribution in [0.25, 0.3) is 0 Å². The van der Waals surface area contributed by atoms with E-state index in [0.717, 1.165) is 18.6 Å². The van der Waals surface area contributed by atoms with Crippen molar-refractivity contribution in [1.82, 2.24) is 4.90 Å². The molecule has 0 saturated heterocycles. The number of aromatic carboxylic acids is 1. The van der Waals surface area contributed by atoms with Crippen molar-refractivity contribution >= 4 is 5.97 Å². The molecular weight excluding hydrogens is 273 g/mol. The summed E-state index contributed by atoms with van der Waals surface area (Å²) in [4.78, 5) is 13.1. The van der Waals surface area contributed by atoms with Crippen LogP contribution in [-0.2, 0) is 13.1 Å². The SMILES string of the molecule is O=C(O)c1ccc(F)c(CN(Cc2ccco2)C2CC2)c1. The first-order valence-electron chi connectivity index (χ1n) is 6.91. The molecule has 4 nitrogen and oxygen atoms in total. The van der Waals surface area contributed by atoms with Crippen molar-refractivity contribution in [2.45, 2.75) is 32.0 Å². The summed E-state index contributed by atoms with van der Waals surface area (Å²) in [5.41, 5.74) is 0.522. The van der Waals surface area contributed by atoms with Crippen molar-refractivity contribution in [1.29, 1.82) is 0 Å². The molecule has 110 valence electrons. The van der Waals surface area contributed by atoms with E-state index in [1.807, 2.05) is 12.1 Å². The molecule has 0 unspecified atom stereocenters. The summed E-state index contributed by atoms with van der Waals surface area (Å²) < 4.78 is 19.3. The summed E-state index contributed by atoms with van der Waals surface area (Å²) in [6, 6.07) is 8.05. The first kappa shape index (κ1) is 13.8. The number of rotatable bonds is 6. The first-order chi connectivity index (χ1) is 10.1. The Morgan fingerprint density at radius 1 is 1.33 bits per heavy atom. The predicted octanol–water partition coefficient (Wildman–Crippen LogP) is 3.28. The molecule has 2 aromatic rings. The van der Waals surface area contributed by atoms with Crippen LogP contribution >= 0.6 is 0 Å². The van der Waals surface area contributed by atoms with Crippen LogP contribution in [0, 0.1) is 5.82 Å². The third kappa shape index (κ3) is 3.31. The van der Waals surface area contributed by atoms with Gasteiger partial charge in [0.1, 0.15) is 11.6 Å². The second-order valence-electron chi connectivity index (χ2n) is 5.33. The molecule has 0 bridgehead atoms. The fourth-order valence-electron chi connectivity index (χ4n) is 2.40. The Morgan fingerprint density at radius 2 is 2.14 bits per heavy atom. The van der Waals surface area contributed by atoms with Crippen molar-refractivity contribution in [3.63, 3.8) is 0 Å². The lowest BCUT2D eigenvalue weighted by Crippen LogP contribution is -2.25. The van der Waals surface area contributed by atoms with E-state index < -0.39 is 5.97 Å². The number of furan rings is 1. The van der Waals surface area contributed by atoms with E-state index in [-0.39, 0.29) is 11.4 Å². The summed E-state index contributed by atoms with van der Waals surface area (Å²) in [5.74, 6) is -0.581. The fourth-order valence-corrected chi connectivity index (χ4v) is 2.40. The highest BCUT2D eigenvalue weighted by Gasteiger charge is 2.30. The van der Waals surface area contributed by atoms with E-state index in [2.05, 4.69) is 4.90 Å². The lowest BCUT2D eigenvalue weighted by atomic mass is 10.1. The molecule has 0 spiro atoms. The quantitative estimate of drug-likeness (QED) is 0.886. The molecule has 1 aromatic heterocycles. The van der Waals surface area contributed by atoms with Gasteiger partial charge in [0, 0.05) is 18.2 Å². The average molecular weight is 289 g/mol. The summed E-state index contributed by atoms with van der Waals surface area (Å²) >= 11 is 0. The highest BCUT2D eigenvalue weighted by molar-refractivity contribution is 5.87. The number of carboxylic acid groups (broad SMARTS) is 1. The lowest BCUT2D eigenvalue weighted by Gasteiger charge is -2.21. The topological polar surface area (TPSA) is 53.7 Å². The van der Waals surface area contributed by atoms with Crippen LogP contribution in [0.2, 0.25) is 0 Å². The van der Waals surface area contributed by atoms with Crippen molar-refractivity contribution < 1.29 is 18.7 Å². The third-order valence-electron chi connectivity index (χ3n) is 3.67. The fraction of sp³-hybridized carbons (Fsp3) is 0.312. The molecule has 0 radical (unpaired) electrons. The van der Waals surface area contributed by atoms with Gasteiger partial charge in [-0.15, -0.1) is 0 Å². The molecule has 1 fully saturated rings. The highest BCUT2D eigenvalue weighted by atomic mass is 19.1. The Labute approximate surface area is 121 Å². The molecule has 21 heavy (non-hydrogen) atoms. The smallest absolute Gasteiger partial charge is 0.335 e. The van der Waals surface area contributed by atoms with Gasteiger partial charge in [-0.3, -0.25) is 4.90 Å². The zero-order valence-corrected chi connectivity index (χ0v) is 11.5. The van der Waals surface area contributed by atoms with Gasteiger partial charge >= 0.3 is 5.97 Å². The van der Waals surface area contributed by atoms with Crippen LogP contribution in [0.1, 0.15) is 34.5 Å². The molecule has 1 N–H and O–H groups in total. The molecule has 5 heteroatoms. The monoisotopic (exact) mass is 289 g/mol. The number of carboxylic acids is 1. The van der Waals surface area contributed by atoms with E-state index >= 15 is 0 Å². The molecule has 1 aliphatic carbocycles. The Balaban J connectivity index is 1.79. The van der Waals surface area contributed by atoms with Gasteiger partial charge in [-0.2, -0.15) is 0 Å². The number of hydrogen-bond donors (Lipinski definition) is 1. The van der Waals surface area contributed by atoms with E-state index in [0.29, 0.717) is 24.7 Å². The third-order valence-corrected chi connectivity index (χ3v) is 3.67. The average Bonchev–Trinajstić information content (AvgIpc) is 3.18. The maximum atomic E-state index is 13.9. The number of hydrogen-bond acceptors (Lipinski definition) is 3. The number of benzene rings is 1. The summed E-state index contributed by atoms with van der Waals surface area (Å²) in [7, 11) is 0. The van der Waals surface area contributed by atoms with Crippen molar-refractivity contribution in [3.8, 4) is 0 Å². The van der Waals surface area contributed by atoms with Gasteiger partial charge in [0.2, 0.25) is 0 Å². The minimum Gasteiger partial charge on any atom is -0.478 e. The number of halogens is 1. The number of nitrogens with zero attached hydrogens (tertiary/aromatic N) is 1. The van der Waals surface area contributed by atoms with Crippen LogP contribution in [-0.4, -0.2) is 22.0 Å². The van der Waals surface area contributed by atoms with Gasteiger partial charge in [-0.1, -0.05) is 0 Å². The van der Waals surface area contributed by atoms with Gasteiger partial charge in [0.25, 0.3) is 0 Å². The standard InChI is InChI=1S/C16H16FNO3/c17-15-6-3-11(16(19)20)8-12(15)9-18(13-4-5-13)10-14-2-1-7-21-14/h1-3,6-8,13H,4-5,9-10H2,(H,19,20). The van der Waals surface area contributed by atoms with Gasteiger partial charge in [-0.25, -0.2) is 9.18 Å². The van der Waals surface area contributed by atoms with E-state index in [1.54, 1.807) is 6.26 Å². The van der Waals surface area contributed by atoms with Crippen LogP contribution in [0.5, 0.6) is 0 Å². The molecule has 0 atom stereocenters. The second-order valence-corrected chi connectivity index (χ2v) is 5.33. The largest absolute Gasteiger partial charge is 0.478 e. The van der Waals surface area contributed by atoms with Crippen LogP contribution in [0.15, 0.2) is 41.0 Å². The highest BCUT2D eigenvalue weighted by Crippen LogP contribution is 2.30. The van der Waals surface area contributed by atoms with Crippen molar-refractivity contribution in [2.24, 2.45) is 0 Å². The summed E-state index contributed by atoms with van der Waals surface area (Å²) in [5, 5.41) is 9.01. The molecule has 1 saturated carbocycles. The van der Waals surface area contributed by atoms with Crippen molar-refractivity contribution in [2.75, 3.05) is 0 Å². The molecule has 3 rings (SSSR count). The minimum atomic E-state index is -1.04. The van der Waals surface area contributed by atoms with Gasteiger partial charge in [0.05, 0.1) is 18.4 Å². The molecule has 0 amide bonds. The lowest BCUT2D eigenvalue weighted by molar-refractivity contribution is 0.0696. The zero-order valence-electron chi connectivity index (χ0n) is 11.5. The minimum absolute atomic E-state index is 0.111. The van der Waals surface area contributed by atoms with E-state index in [1.165, 1.54) is 18.2 Å². The van der Waals surface area contributed by atoms with E-state index in [4.69, 9.17) is 9.52 Å². The predicted molar refractivity (Wildman–Crippen MR) is 74.3 cm³/mol.